The Bertz CT molecular complexity index is 564. The SMILES string of the molecule is CN1CN=C2C1=CN(CC1(C)CCC(O)(C(F)(F)F)CC1)CN2C. The van der Waals surface area contributed by atoms with Gasteiger partial charge in [-0.25, -0.2) is 4.99 Å². The summed E-state index contributed by atoms with van der Waals surface area (Å²) < 4.78 is 38.9. The lowest BCUT2D eigenvalue weighted by Gasteiger charge is -2.46. The van der Waals surface area contributed by atoms with Gasteiger partial charge in [0, 0.05) is 26.8 Å². The largest absolute Gasteiger partial charge is 0.417 e. The summed E-state index contributed by atoms with van der Waals surface area (Å²) in [5.41, 5.74) is -1.70. The maximum absolute atomic E-state index is 13.0. The molecule has 3 rings (SSSR count). The minimum atomic E-state index is -4.54. The second kappa shape index (κ2) is 5.54. The third-order valence-corrected chi connectivity index (χ3v) is 5.53. The zero-order valence-corrected chi connectivity index (χ0v) is 14.4. The predicted molar refractivity (Wildman–Crippen MR) is 85.1 cm³/mol. The monoisotopic (exact) mass is 346 g/mol. The van der Waals surface area contributed by atoms with Crippen molar-refractivity contribution in [3.05, 3.63) is 11.9 Å². The lowest BCUT2D eigenvalue weighted by molar-refractivity contribution is -0.275. The van der Waals surface area contributed by atoms with E-state index in [9.17, 15) is 18.3 Å². The fourth-order valence-electron chi connectivity index (χ4n) is 3.82. The van der Waals surface area contributed by atoms with Crippen LogP contribution < -0.4 is 0 Å². The van der Waals surface area contributed by atoms with E-state index in [1.165, 1.54) is 0 Å². The predicted octanol–water partition coefficient (Wildman–Crippen LogP) is 2.21. The quantitative estimate of drug-likeness (QED) is 0.832. The van der Waals surface area contributed by atoms with Gasteiger partial charge in [0.2, 0.25) is 0 Å². The van der Waals surface area contributed by atoms with E-state index in [1.807, 2.05) is 21.0 Å². The Labute approximate surface area is 140 Å². The first-order chi connectivity index (χ1) is 11.0. The molecule has 0 unspecified atom stereocenters. The van der Waals surface area contributed by atoms with Crippen molar-refractivity contribution >= 4 is 5.84 Å². The topological polar surface area (TPSA) is 42.3 Å². The summed E-state index contributed by atoms with van der Waals surface area (Å²) in [6, 6.07) is 0. The standard InChI is InChI=1S/C16H25F3N4O/c1-14(4-6-15(24,7-5-14)16(17,18)19)9-23-8-12-13(22(3)11-23)20-10-21(12)2/h8,24H,4-7,9-11H2,1-3H3. The second-order valence-corrected chi connectivity index (χ2v) is 7.76. The van der Waals surface area contributed by atoms with E-state index in [0.29, 0.717) is 32.7 Å². The van der Waals surface area contributed by atoms with E-state index in [4.69, 9.17) is 0 Å². The summed E-state index contributed by atoms with van der Waals surface area (Å²) in [4.78, 5) is 10.8. The number of amidine groups is 1. The fraction of sp³-hybridized carbons (Fsp3) is 0.812. The van der Waals surface area contributed by atoms with Gasteiger partial charge in [-0.05, 0) is 31.1 Å². The molecule has 0 aromatic rings. The van der Waals surface area contributed by atoms with E-state index >= 15 is 0 Å². The molecule has 0 aromatic heterocycles. The average molecular weight is 346 g/mol. The van der Waals surface area contributed by atoms with Gasteiger partial charge >= 0.3 is 6.18 Å². The molecule has 3 aliphatic rings. The van der Waals surface area contributed by atoms with Crippen molar-refractivity contribution in [3.8, 4) is 0 Å². The molecule has 1 fully saturated rings. The van der Waals surface area contributed by atoms with Crippen LogP contribution in [0.25, 0.3) is 0 Å². The summed E-state index contributed by atoms with van der Waals surface area (Å²) in [5.74, 6) is 0.967. The highest BCUT2D eigenvalue weighted by molar-refractivity contribution is 5.99. The number of rotatable bonds is 2. The summed E-state index contributed by atoms with van der Waals surface area (Å²) >= 11 is 0. The first-order valence-corrected chi connectivity index (χ1v) is 8.25. The molecular formula is C16H25F3N4O. The third kappa shape index (κ3) is 2.96. The molecule has 0 amide bonds. The Morgan fingerprint density at radius 2 is 1.79 bits per heavy atom. The zero-order valence-electron chi connectivity index (χ0n) is 14.4. The highest BCUT2D eigenvalue weighted by Gasteiger charge is 2.56. The molecule has 1 N–H and O–H groups in total. The van der Waals surface area contributed by atoms with Gasteiger partial charge in [-0.1, -0.05) is 6.92 Å². The molecule has 0 atom stereocenters. The van der Waals surface area contributed by atoms with Gasteiger partial charge in [0.05, 0.1) is 12.4 Å². The average Bonchev–Trinajstić information content (AvgIpc) is 2.84. The number of aliphatic hydroxyl groups is 1. The summed E-state index contributed by atoms with van der Waals surface area (Å²) in [6.45, 7) is 4.00. The Morgan fingerprint density at radius 1 is 1.17 bits per heavy atom. The van der Waals surface area contributed by atoms with Crippen LogP contribution in [-0.2, 0) is 0 Å². The number of likely N-dealkylation sites (N-methyl/N-ethyl adjacent to an activating group) is 2. The number of halogens is 3. The molecule has 0 aromatic carbocycles. The number of fused-ring (bicyclic) bond motifs is 1. The van der Waals surface area contributed by atoms with E-state index in [1.54, 1.807) is 0 Å². The van der Waals surface area contributed by atoms with Crippen molar-refractivity contribution in [1.29, 1.82) is 0 Å². The maximum atomic E-state index is 13.0. The van der Waals surface area contributed by atoms with Crippen LogP contribution in [0.3, 0.4) is 0 Å². The molecule has 1 saturated carbocycles. The Hall–Kier alpha value is -1.44. The van der Waals surface area contributed by atoms with Crippen molar-refractivity contribution in [2.24, 2.45) is 10.4 Å². The van der Waals surface area contributed by atoms with Gasteiger partial charge in [0.25, 0.3) is 0 Å². The molecule has 0 bridgehead atoms. The van der Waals surface area contributed by atoms with Gasteiger partial charge < -0.3 is 19.8 Å². The minimum absolute atomic E-state index is 0.222. The molecule has 5 nitrogen and oxygen atoms in total. The molecule has 1 aliphatic carbocycles. The number of nitrogens with zero attached hydrogens (tertiary/aromatic N) is 4. The number of alkyl halides is 3. The van der Waals surface area contributed by atoms with Crippen LogP contribution in [0.4, 0.5) is 13.2 Å². The summed E-state index contributed by atoms with van der Waals surface area (Å²) in [5, 5.41) is 9.86. The first kappa shape index (κ1) is 17.4. The first-order valence-electron chi connectivity index (χ1n) is 8.25. The van der Waals surface area contributed by atoms with Crippen molar-refractivity contribution < 1.29 is 18.3 Å². The summed E-state index contributed by atoms with van der Waals surface area (Å²) in [7, 11) is 3.95. The fourth-order valence-corrected chi connectivity index (χ4v) is 3.82. The van der Waals surface area contributed by atoms with Crippen LogP contribution >= 0.6 is 0 Å². The molecule has 0 saturated heterocycles. The molecule has 0 spiro atoms. The van der Waals surface area contributed by atoms with Crippen molar-refractivity contribution in [2.75, 3.05) is 34.0 Å². The van der Waals surface area contributed by atoms with Crippen LogP contribution in [0, 0.1) is 5.41 Å². The lowest BCUT2D eigenvalue weighted by Crippen LogP contribution is -2.52. The highest BCUT2D eigenvalue weighted by Crippen LogP contribution is 2.48. The van der Waals surface area contributed by atoms with Crippen molar-refractivity contribution in [2.45, 2.75) is 44.4 Å². The van der Waals surface area contributed by atoms with Crippen LogP contribution in [0.1, 0.15) is 32.6 Å². The zero-order chi connectivity index (χ0) is 17.8. The van der Waals surface area contributed by atoms with Gasteiger partial charge in [0.15, 0.2) is 11.4 Å². The van der Waals surface area contributed by atoms with E-state index in [2.05, 4.69) is 25.9 Å². The number of hydrogen-bond donors (Lipinski definition) is 1. The van der Waals surface area contributed by atoms with E-state index < -0.39 is 11.8 Å². The van der Waals surface area contributed by atoms with Gasteiger partial charge in [0.1, 0.15) is 6.67 Å². The second-order valence-electron chi connectivity index (χ2n) is 7.76. The highest BCUT2D eigenvalue weighted by atomic mass is 19.4. The van der Waals surface area contributed by atoms with Crippen LogP contribution in [0.2, 0.25) is 0 Å². The van der Waals surface area contributed by atoms with Gasteiger partial charge in [-0.15, -0.1) is 0 Å². The number of hydrogen-bond acceptors (Lipinski definition) is 5. The molecule has 2 heterocycles. The molecule has 24 heavy (non-hydrogen) atoms. The van der Waals surface area contributed by atoms with Crippen LogP contribution in [0.15, 0.2) is 16.9 Å². The van der Waals surface area contributed by atoms with Crippen LogP contribution in [0.5, 0.6) is 0 Å². The summed E-state index contributed by atoms with van der Waals surface area (Å²) in [6.07, 6.45) is -2.20. The van der Waals surface area contributed by atoms with Crippen molar-refractivity contribution in [1.82, 2.24) is 14.7 Å². The Morgan fingerprint density at radius 3 is 2.38 bits per heavy atom. The van der Waals surface area contributed by atoms with Crippen LogP contribution in [-0.4, -0.2) is 71.4 Å². The molecule has 2 aliphatic heterocycles. The molecule has 8 heteroatoms. The Balaban J connectivity index is 1.68. The smallest absolute Gasteiger partial charge is 0.380 e. The lowest BCUT2D eigenvalue weighted by atomic mass is 9.69. The van der Waals surface area contributed by atoms with Gasteiger partial charge in [-0.2, -0.15) is 13.2 Å². The van der Waals surface area contributed by atoms with E-state index in [-0.39, 0.29) is 18.3 Å². The normalized spacial score (nSPS) is 34.2. The van der Waals surface area contributed by atoms with E-state index in [0.717, 1.165) is 11.5 Å². The molecular weight excluding hydrogens is 321 g/mol. The Kier molecular flexibility index (Phi) is 4.01. The van der Waals surface area contributed by atoms with Crippen molar-refractivity contribution in [3.63, 3.8) is 0 Å². The maximum Gasteiger partial charge on any atom is 0.417 e. The van der Waals surface area contributed by atoms with Gasteiger partial charge in [-0.3, -0.25) is 0 Å². The molecule has 0 radical (unpaired) electrons. The molecule has 136 valence electrons. The minimum Gasteiger partial charge on any atom is -0.380 e. The third-order valence-electron chi connectivity index (χ3n) is 5.53. The number of aliphatic imine (C=N–C) groups is 1.